The van der Waals surface area contributed by atoms with Crippen molar-refractivity contribution >= 4 is 21.6 Å². The summed E-state index contributed by atoms with van der Waals surface area (Å²) in [5.74, 6) is 0.761. The predicted molar refractivity (Wildman–Crippen MR) is 70.9 cm³/mol. The van der Waals surface area contributed by atoms with Gasteiger partial charge in [-0.1, -0.05) is 15.9 Å². The highest BCUT2D eigenvalue weighted by Gasteiger charge is 2.13. The third-order valence-electron chi connectivity index (χ3n) is 3.11. The molecule has 0 atom stereocenters. The highest BCUT2D eigenvalue weighted by molar-refractivity contribution is 9.10. The summed E-state index contributed by atoms with van der Waals surface area (Å²) in [4.78, 5) is 0. The van der Waals surface area contributed by atoms with Crippen molar-refractivity contribution in [2.45, 2.75) is 19.8 Å². The van der Waals surface area contributed by atoms with Crippen molar-refractivity contribution in [3.05, 3.63) is 28.2 Å². The van der Waals surface area contributed by atoms with E-state index < -0.39 is 0 Å². The minimum Gasteiger partial charge on any atom is -0.385 e. The summed E-state index contributed by atoms with van der Waals surface area (Å²) >= 11 is 3.48. The molecule has 0 saturated carbocycles. The molecular weight excluding hydrogens is 266 g/mol. The number of halogens is 1. The molecule has 0 amide bonds. The fraction of sp³-hybridized carbons (Fsp3) is 0.538. The second-order valence-electron chi connectivity index (χ2n) is 4.40. The Morgan fingerprint density at radius 1 is 1.38 bits per heavy atom. The van der Waals surface area contributed by atoms with Crippen LogP contribution >= 0.6 is 15.9 Å². The standard InChI is InChI=1S/C13H18BrNO/c1-10-8-12(14)2-3-13(10)15-9-11-4-6-16-7-5-11/h2-3,8,11,15H,4-7,9H2,1H3. The van der Waals surface area contributed by atoms with Crippen LogP contribution < -0.4 is 5.32 Å². The first-order valence-electron chi connectivity index (χ1n) is 5.83. The van der Waals surface area contributed by atoms with Crippen molar-refractivity contribution in [3.8, 4) is 0 Å². The SMILES string of the molecule is Cc1cc(Br)ccc1NCC1CCOCC1. The van der Waals surface area contributed by atoms with Gasteiger partial charge in [-0.3, -0.25) is 0 Å². The molecule has 1 aliphatic rings. The van der Waals surface area contributed by atoms with Crippen molar-refractivity contribution in [2.75, 3.05) is 25.1 Å². The number of rotatable bonds is 3. The monoisotopic (exact) mass is 283 g/mol. The Balaban J connectivity index is 1.88. The lowest BCUT2D eigenvalue weighted by atomic mass is 10.0. The molecule has 88 valence electrons. The van der Waals surface area contributed by atoms with E-state index in [1.807, 2.05) is 0 Å². The van der Waals surface area contributed by atoms with Crippen LogP contribution in [0.3, 0.4) is 0 Å². The summed E-state index contributed by atoms with van der Waals surface area (Å²) in [5.41, 5.74) is 2.54. The van der Waals surface area contributed by atoms with E-state index in [0.29, 0.717) is 0 Å². The molecule has 16 heavy (non-hydrogen) atoms. The van der Waals surface area contributed by atoms with Crippen LogP contribution in [0.1, 0.15) is 18.4 Å². The van der Waals surface area contributed by atoms with Crippen molar-refractivity contribution < 1.29 is 4.74 Å². The molecule has 1 aliphatic heterocycles. The van der Waals surface area contributed by atoms with Crippen molar-refractivity contribution in [3.63, 3.8) is 0 Å². The number of nitrogens with one attached hydrogen (secondary N) is 1. The third kappa shape index (κ3) is 3.22. The number of hydrogen-bond acceptors (Lipinski definition) is 2. The van der Waals surface area contributed by atoms with Gasteiger partial charge in [-0.2, -0.15) is 0 Å². The first-order valence-corrected chi connectivity index (χ1v) is 6.63. The Bertz CT molecular complexity index is 348. The van der Waals surface area contributed by atoms with Gasteiger partial charge in [-0.05, 0) is 49.4 Å². The van der Waals surface area contributed by atoms with Crippen LogP contribution in [-0.2, 0) is 4.74 Å². The van der Waals surface area contributed by atoms with Crippen molar-refractivity contribution in [1.82, 2.24) is 0 Å². The van der Waals surface area contributed by atoms with E-state index in [1.165, 1.54) is 24.1 Å². The van der Waals surface area contributed by atoms with Crippen LogP contribution in [-0.4, -0.2) is 19.8 Å². The van der Waals surface area contributed by atoms with Crippen molar-refractivity contribution in [2.24, 2.45) is 5.92 Å². The second-order valence-corrected chi connectivity index (χ2v) is 5.31. The lowest BCUT2D eigenvalue weighted by molar-refractivity contribution is 0.0699. The second kappa shape index (κ2) is 5.69. The zero-order valence-corrected chi connectivity index (χ0v) is 11.2. The molecule has 0 radical (unpaired) electrons. The van der Waals surface area contributed by atoms with Crippen LogP contribution in [0.15, 0.2) is 22.7 Å². The summed E-state index contributed by atoms with van der Waals surface area (Å²) in [6.45, 7) is 5.04. The Hall–Kier alpha value is -0.540. The minimum atomic E-state index is 0.761. The highest BCUT2D eigenvalue weighted by atomic mass is 79.9. The summed E-state index contributed by atoms with van der Waals surface area (Å²) < 4.78 is 6.50. The maximum atomic E-state index is 5.36. The maximum Gasteiger partial charge on any atom is 0.0469 e. The van der Waals surface area contributed by atoms with Gasteiger partial charge in [0.15, 0.2) is 0 Å². The molecule has 1 N–H and O–H groups in total. The van der Waals surface area contributed by atoms with Gasteiger partial charge < -0.3 is 10.1 Å². The number of aryl methyl sites for hydroxylation is 1. The zero-order chi connectivity index (χ0) is 11.4. The van der Waals surface area contributed by atoms with Gasteiger partial charge in [-0.15, -0.1) is 0 Å². The average molecular weight is 284 g/mol. The van der Waals surface area contributed by atoms with E-state index in [-0.39, 0.29) is 0 Å². The first-order chi connectivity index (χ1) is 7.75. The first kappa shape index (κ1) is 11.9. The Kier molecular flexibility index (Phi) is 4.24. The van der Waals surface area contributed by atoms with Crippen molar-refractivity contribution in [1.29, 1.82) is 0 Å². The summed E-state index contributed by atoms with van der Waals surface area (Å²) in [7, 11) is 0. The fourth-order valence-corrected chi connectivity index (χ4v) is 2.51. The Morgan fingerprint density at radius 2 is 2.12 bits per heavy atom. The minimum absolute atomic E-state index is 0.761. The summed E-state index contributed by atoms with van der Waals surface area (Å²) in [5, 5.41) is 3.53. The molecule has 1 aromatic rings. The van der Waals surface area contributed by atoms with E-state index in [2.05, 4.69) is 46.4 Å². The van der Waals surface area contributed by atoms with E-state index in [0.717, 1.165) is 30.1 Å². The zero-order valence-electron chi connectivity index (χ0n) is 9.63. The highest BCUT2D eigenvalue weighted by Crippen LogP contribution is 2.21. The lowest BCUT2D eigenvalue weighted by Gasteiger charge is -2.23. The van der Waals surface area contributed by atoms with Gasteiger partial charge in [0.05, 0.1) is 0 Å². The molecule has 1 heterocycles. The smallest absolute Gasteiger partial charge is 0.0469 e. The lowest BCUT2D eigenvalue weighted by Crippen LogP contribution is -2.22. The van der Waals surface area contributed by atoms with Gasteiger partial charge in [0.1, 0.15) is 0 Å². The maximum absolute atomic E-state index is 5.36. The molecule has 1 fully saturated rings. The van der Waals surface area contributed by atoms with Crippen LogP contribution in [0.25, 0.3) is 0 Å². The molecule has 2 nitrogen and oxygen atoms in total. The van der Waals surface area contributed by atoms with Crippen LogP contribution in [0, 0.1) is 12.8 Å². The molecule has 0 aromatic heterocycles. The molecule has 0 aliphatic carbocycles. The van der Waals surface area contributed by atoms with E-state index >= 15 is 0 Å². The number of hydrogen-bond donors (Lipinski definition) is 1. The molecule has 0 bridgehead atoms. The Labute approximate surface area is 106 Å². The van der Waals surface area contributed by atoms with Crippen LogP contribution in [0.5, 0.6) is 0 Å². The normalized spacial score (nSPS) is 17.4. The molecule has 1 aromatic carbocycles. The summed E-state index contributed by atoms with van der Waals surface area (Å²) in [6.07, 6.45) is 2.37. The predicted octanol–water partition coefficient (Wildman–Crippen LogP) is 3.60. The topological polar surface area (TPSA) is 21.3 Å². The Morgan fingerprint density at radius 3 is 2.81 bits per heavy atom. The van der Waals surface area contributed by atoms with Gasteiger partial charge in [0.25, 0.3) is 0 Å². The molecule has 1 saturated heterocycles. The van der Waals surface area contributed by atoms with Gasteiger partial charge in [-0.25, -0.2) is 0 Å². The molecular formula is C13H18BrNO. The van der Waals surface area contributed by atoms with Gasteiger partial charge in [0, 0.05) is 29.9 Å². The molecule has 0 spiro atoms. The number of benzene rings is 1. The fourth-order valence-electron chi connectivity index (χ4n) is 2.03. The molecule has 3 heteroatoms. The molecule has 0 unspecified atom stereocenters. The van der Waals surface area contributed by atoms with Crippen LogP contribution in [0.4, 0.5) is 5.69 Å². The van der Waals surface area contributed by atoms with Crippen LogP contribution in [0.2, 0.25) is 0 Å². The van der Waals surface area contributed by atoms with E-state index in [1.54, 1.807) is 0 Å². The number of ether oxygens (including phenoxy) is 1. The largest absolute Gasteiger partial charge is 0.385 e. The van der Waals surface area contributed by atoms with Gasteiger partial charge in [0.2, 0.25) is 0 Å². The van der Waals surface area contributed by atoms with Gasteiger partial charge >= 0.3 is 0 Å². The quantitative estimate of drug-likeness (QED) is 0.915. The number of anilines is 1. The molecule has 2 rings (SSSR count). The third-order valence-corrected chi connectivity index (χ3v) is 3.60. The van der Waals surface area contributed by atoms with E-state index in [9.17, 15) is 0 Å². The van der Waals surface area contributed by atoms with E-state index in [4.69, 9.17) is 4.74 Å². The average Bonchev–Trinajstić information content (AvgIpc) is 2.29. The summed E-state index contributed by atoms with van der Waals surface area (Å²) in [6, 6.07) is 6.37.